The predicted molar refractivity (Wildman–Crippen MR) is 95.9 cm³/mol. The monoisotopic (exact) mass is 582 g/mol. The number of carbonyl (C=O) groups excluding carboxylic acids is 4. The lowest BCUT2D eigenvalue weighted by molar-refractivity contribution is -0.358. The summed E-state index contributed by atoms with van der Waals surface area (Å²) in [6.07, 6.45) is -11.8. The van der Waals surface area contributed by atoms with Crippen LogP contribution in [0.15, 0.2) is 12.7 Å². The molecule has 0 amide bonds. The third-order valence-electron chi connectivity index (χ3n) is 4.85. The predicted octanol–water partition coefficient (Wildman–Crippen LogP) is 4.11. The minimum absolute atomic E-state index is 0.184. The van der Waals surface area contributed by atoms with Crippen molar-refractivity contribution in [2.45, 2.75) is 74.4 Å². The molecule has 0 saturated heterocycles. The molecule has 0 bridgehead atoms. The summed E-state index contributed by atoms with van der Waals surface area (Å²) in [5.74, 6) is -38.8. The minimum atomic E-state index is -7.12. The first-order valence-electron chi connectivity index (χ1n) is 10.00. The van der Waals surface area contributed by atoms with Gasteiger partial charge in [-0.15, -0.1) is 0 Å². The summed E-state index contributed by atoms with van der Waals surface area (Å²) < 4.78 is 163. The Kier molecular flexibility index (Phi) is 9.44. The van der Waals surface area contributed by atoms with E-state index in [1.54, 1.807) is 0 Å². The average molecular weight is 582 g/mol. The Morgan fingerprint density at radius 3 is 1.82 bits per heavy atom. The van der Waals surface area contributed by atoms with Gasteiger partial charge in [0.25, 0.3) is 5.79 Å². The standard InChI is InChI=1S/C19H17F11O8/c1-3-10(31)35-8-11(32)36-9-6-4-5-7-15(9,37-12(33)16(22,23)14(2,20)21)38-13(34)17(24,25)18(26,27)19(28,29)30/h3,9H,1,4-8H2,2H3. The van der Waals surface area contributed by atoms with E-state index in [1.165, 1.54) is 0 Å². The second-order valence-electron chi connectivity index (χ2n) is 7.74. The van der Waals surface area contributed by atoms with Crippen LogP contribution >= 0.6 is 0 Å². The first-order chi connectivity index (χ1) is 17.0. The van der Waals surface area contributed by atoms with Crippen molar-refractivity contribution in [1.29, 1.82) is 0 Å². The van der Waals surface area contributed by atoms with Gasteiger partial charge in [-0.25, -0.2) is 19.2 Å². The van der Waals surface area contributed by atoms with Gasteiger partial charge in [-0.1, -0.05) is 6.58 Å². The van der Waals surface area contributed by atoms with Crippen molar-refractivity contribution in [1.82, 2.24) is 0 Å². The first-order valence-corrected chi connectivity index (χ1v) is 10.00. The summed E-state index contributed by atoms with van der Waals surface area (Å²) in [7, 11) is 0. The van der Waals surface area contributed by atoms with E-state index in [-0.39, 0.29) is 6.42 Å². The molecule has 0 N–H and O–H groups in total. The Morgan fingerprint density at radius 1 is 0.868 bits per heavy atom. The van der Waals surface area contributed by atoms with E-state index < -0.39 is 98.4 Å². The van der Waals surface area contributed by atoms with Crippen LogP contribution in [0.4, 0.5) is 48.3 Å². The van der Waals surface area contributed by atoms with Gasteiger partial charge in [0.05, 0.1) is 0 Å². The molecule has 0 heterocycles. The Hall–Kier alpha value is -3.15. The maximum Gasteiger partial charge on any atom is 0.460 e. The molecule has 0 spiro atoms. The molecular weight excluding hydrogens is 565 g/mol. The molecule has 0 radical (unpaired) electrons. The van der Waals surface area contributed by atoms with Crippen molar-refractivity contribution >= 4 is 23.9 Å². The van der Waals surface area contributed by atoms with Crippen LogP contribution in [0.1, 0.15) is 32.6 Å². The second-order valence-corrected chi connectivity index (χ2v) is 7.74. The zero-order chi connectivity index (χ0) is 30.0. The van der Waals surface area contributed by atoms with Gasteiger partial charge in [0.15, 0.2) is 12.7 Å². The van der Waals surface area contributed by atoms with Crippen LogP contribution < -0.4 is 0 Å². The van der Waals surface area contributed by atoms with E-state index in [4.69, 9.17) is 0 Å². The van der Waals surface area contributed by atoms with Gasteiger partial charge in [-0.2, -0.15) is 48.3 Å². The first kappa shape index (κ1) is 32.9. The number of hydrogen-bond acceptors (Lipinski definition) is 8. The zero-order valence-corrected chi connectivity index (χ0v) is 18.8. The Morgan fingerprint density at radius 2 is 1.37 bits per heavy atom. The highest BCUT2D eigenvalue weighted by Crippen LogP contribution is 2.49. The molecule has 218 valence electrons. The van der Waals surface area contributed by atoms with Gasteiger partial charge < -0.3 is 18.9 Å². The fraction of sp³-hybridized carbons (Fsp3) is 0.684. The Bertz CT molecular complexity index is 942. The van der Waals surface area contributed by atoms with Gasteiger partial charge in [-0.3, -0.25) is 0 Å². The molecule has 1 rings (SSSR count). The smallest absolute Gasteiger partial charge is 0.452 e. The van der Waals surface area contributed by atoms with Crippen molar-refractivity contribution in [3.63, 3.8) is 0 Å². The molecule has 1 fully saturated rings. The highest BCUT2D eigenvalue weighted by molar-refractivity contribution is 5.84. The number of esters is 4. The van der Waals surface area contributed by atoms with E-state index in [1.807, 2.05) is 0 Å². The molecule has 0 aromatic rings. The topological polar surface area (TPSA) is 105 Å². The highest BCUT2D eigenvalue weighted by Gasteiger charge is 2.78. The molecule has 0 aromatic heterocycles. The van der Waals surface area contributed by atoms with E-state index >= 15 is 0 Å². The van der Waals surface area contributed by atoms with E-state index in [9.17, 15) is 67.5 Å². The molecule has 1 aliphatic carbocycles. The van der Waals surface area contributed by atoms with Crippen molar-refractivity contribution in [3.05, 3.63) is 12.7 Å². The molecule has 1 saturated carbocycles. The normalized spacial score (nSPS) is 21.2. The van der Waals surface area contributed by atoms with Crippen LogP contribution in [0, 0.1) is 0 Å². The summed E-state index contributed by atoms with van der Waals surface area (Å²) in [6.45, 7) is 1.13. The molecule has 0 aromatic carbocycles. The molecule has 2 atom stereocenters. The van der Waals surface area contributed by atoms with Crippen LogP contribution in [0.3, 0.4) is 0 Å². The Labute approximate surface area is 205 Å². The molecule has 38 heavy (non-hydrogen) atoms. The van der Waals surface area contributed by atoms with Crippen LogP contribution in [0.25, 0.3) is 0 Å². The van der Waals surface area contributed by atoms with E-state index in [2.05, 4.69) is 25.5 Å². The van der Waals surface area contributed by atoms with Gasteiger partial charge >= 0.3 is 53.7 Å². The lowest BCUT2D eigenvalue weighted by Gasteiger charge is -2.42. The van der Waals surface area contributed by atoms with Crippen molar-refractivity contribution in [2.75, 3.05) is 6.61 Å². The highest BCUT2D eigenvalue weighted by atomic mass is 19.4. The summed E-state index contributed by atoms with van der Waals surface area (Å²) >= 11 is 0. The summed E-state index contributed by atoms with van der Waals surface area (Å²) in [4.78, 5) is 46.7. The molecule has 8 nitrogen and oxygen atoms in total. The zero-order valence-electron chi connectivity index (χ0n) is 18.8. The number of hydrogen-bond donors (Lipinski definition) is 0. The largest absolute Gasteiger partial charge is 0.460 e. The molecular formula is C19H17F11O8. The number of halogens is 11. The molecule has 1 aliphatic rings. The minimum Gasteiger partial charge on any atom is -0.452 e. The van der Waals surface area contributed by atoms with E-state index in [0.717, 1.165) is 0 Å². The summed E-state index contributed by atoms with van der Waals surface area (Å²) in [5.41, 5.74) is 0. The quantitative estimate of drug-likeness (QED) is 0.125. The summed E-state index contributed by atoms with van der Waals surface area (Å²) in [6, 6.07) is 0. The van der Waals surface area contributed by atoms with Crippen LogP contribution in [0.2, 0.25) is 0 Å². The van der Waals surface area contributed by atoms with Gasteiger partial charge in [0.2, 0.25) is 0 Å². The fourth-order valence-corrected chi connectivity index (χ4v) is 2.79. The summed E-state index contributed by atoms with van der Waals surface area (Å²) in [5, 5.41) is 0. The number of alkyl halides is 11. The number of rotatable bonds is 10. The SMILES string of the molecule is C=CC(=O)OCC(=O)OC1CCCCC1(OC(=O)C(F)(F)C(C)(F)F)OC(=O)C(F)(F)C(F)(F)C(F)(F)F. The molecule has 2 unspecified atom stereocenters. The molecule has 0 aliphatic heterocycles. The van der Waals surface area contributed by atoms with E-state index in [0.29, 0.717) is 6.08 Å². The van der Waals surface area contributed by atoms with Crippen molar-refractivity contribution in [3.8, 4) is 0 Å². The second kappa shape index (κ2) is 10.9. The third-order valence-corrected chi connectivity index (χ3v) is 4.85. The average Bonchev–Trinajstić information content (AvgIpc) is 2.77. The van der Waals surface area contributed by atoms with Crippen molar-refractivity contribution < 1.29 is 86.4 Å². The fourth-order valence-electron chi connectivity index (χ4n) is 2.79. The third kappa shape index (κ3) is 6.64. The van der Waals surface area contributed by atoms with Crippen LogP contribution in [-0.4, -0.2) is 72.2 Å². The lowest BCUT2D eigenvalue weighted by atomic mass is 9.90. The maximum atomic E-state index is 13.9. The number of ether oxygens (including phenoxy) is 4. The maximum absolute atomic E-state index is 13.9. The van der Waals surface area contributed by atoms with Crippen molar-refractivity contribution in [2.24, 2.45) is 0 Å². The van der Waals surface area contributed by atoms with Crippen LogP contribution in [-0.2, 0) is 38.1 Å². The van der Waals surface area contributed by atoms with Gasteiger partial charge in [-0.05, 0) is 19.3 Å². The Balaban J connectivity index is 3.51. The number of carbonyl (C=O) groups is 4. The van der Waals surface area contributed by atoms with Gasteiger partial charge in [0.1, 0.15) is 0 Å². The van der Waals surface area contributed by atoms with Gasteiger partial charge in [0, 0.05) is 19.4 Å². The lowest BCUT2D eigenvalue weighted by Crippen LogP contribution is -2.62. The van der Waals surface area contributed by atoms with Crippen LogP contribution in [0.5, 0.6) is 0 Å². The molecule has 19 heteroatoms.